The number of nitrogens with two attached hydrogens (primary N) is 1. The van der Waals surface area contributed by atoms with E-state index in [-0.39, 0.29) is 17.2 Å². The quantitative estimate of drug-likeness (QED) is 0.837. The van der Waals surface area contributed by atoms with Crippen molar-refractivity contribution in [2.24, 2.45) is 5.73 Å². The molecule has 1 aromatic rings. The molecular formula is C14H18N2OS. The van der Waals surface area contributed by atoms with E-state index >= 15 is 0 Å². The Balaban J connectivity index is 1.68. The van der Waals surface area contributed by atoms with Gasteiger partial charge in [-0.15, -0.1) is 11.8 Å². The minimum absolute atomic E-state index is 0.0627. The molecule has 2 aliphatic rings. The van der Waals surface area contributed by atoms with E-state index in [1.54, 1.807) is 11.8 Å². The van der Waals surface area contributed by atoms with Gasteiger partial charge < -0.3 is 10.6 Å². The molecule has 0 saturated carbocycles. The van der Waals surface area contributed by atoms with Gasteiger partial charge in [0.2, 0.25) is 5.91 Å². The summed E-state index contributed by atoms with van der Waals surface area (Å²) in [6, 6.07) is 8.47. The van der Waals surface area contributed by atoms with Crippen LogP contribution in [0.5, 0.6) is 0 Å². The molecule has 2 atom stereocenters. The average molecular weight is 262 g/mol. The molecule has 1 saturated heterocycles. The van der Waals surface area contributed by atoms with Gasteiger partial charge in [0.25, 0.3) is 0 Å². The Labute approximate surface area is 112 Å². The average Bonchev–Trinajstić information content (AvgIpc) is 2.81. The lowest BCUT2D eigenvalue weighted by molar-refractivity contribution is -0.131. The van der Waals surface area contributed by atoms with E-state index in [2.05, 4.69) is 12.1 Å². The number of hydrogen-bond donors (Lipinski definition) is 1. The number of thioether (sulfide) groups is 1. The Morgan fingerprint density at radius 1 is 1.39 bits per heavy atom. The molecule has 1 aromatic carbocycles. The maximum Gasteiger partial charge on any atom is 0.236 e. The van der Waals surface area contributed by atoms with Crippen molar-refractivity contribution in [3.8, 4) is 0 Å². The van der Waals surface area contributed by atoms with Gasteiger partial charge in [0.15, 0.2) is 0 Å². The van der Waals surface area contributed by atoms with E-state index in [1.165, 1.54) is 10.5 Å². The summed E-state index contributed by atoms with van der Waals surface area (Å²) in [5, 5.41) is 0.0627. The number of piperidine rings is 1. The van der Waals surface area contributed by atoms with Crippen LogP contribution in [0.3, 0.4) is 0 Å². The minimum atomic E-state index is 0.0627. The van der Waals surface area contributed by atoms with Crippen molar-refractivity contribution in [3.05, 3.63) is 29.8 Å². The number of rotatable bonds is 1. The summed E-state index contributed by atoms with van der Waals surface area (Å²) >= 11 is 1.71. The van der Waals surface area contributed by atoms with Gasteiger partial charge in [0, 0.05) is 24.0 Å². The van der Waals surface area contributed by atoms with Crippen LogP contribution in [0.1, 0.15) is 18.4 Å². The number of carbonyl (C=O) groups excluding carboxylic acids is 1. The molecule has 0 spiro atoms. The van der Waals surface area contributed by atoms with Gasteiger partial charge in [-0.1, -0.05) is 18.2 Å². The maximum absolute atomic E-state index is 12.5. The molecule has 0 aromatic heterocycles. The molecule has 3 nitrogen and oxygen atoms in total. The van der Waals surface area contributed by atoms with Crippen molar-refractivity contribution >= 4 is 17.7 Å². The highest BCUT2D eigenvalue weighted by Crippen LogP contribution is 2.37. The van der Waals surface area contributed by atoms with Crippen molar-refractivity contribution in [1.82, 2.24) is 4.90 Å². The van der Waals surface area contributed by atoms with E-state index in [0.29, 0.717) is 0 Å². The second-order valence-electron chi connectivity index (χ2n) is 5.10. The topological polar surface area (TPSA) is 46.3 Å². The Kier molecular flexibility index (Phi) is 3.31. The molecule has 18 heavy (non-hydrogen) atoms. The summed E-state index contributed by atoms with van der Waals surface area (Å²) in [5.41, 5.74) is 7.25. The fraction of sp³-hybridized carbons (Fsp3) is 0.500. The first kappa shape index (κ1) is 12.1. The fourth-order valence-electron chi connectivity index (χ4n) is 2.73. The van der Waals surface area contributed by atoms with Gasteiger partial charge in [-0.25, -0.2) is 0 Å². The molecule has 4 heteroatoms. The smallest absolute Gasteiger partial charge is 0.236 e. The molecule has 3 rings (SSSR count). The van der Waals surface area contributed by atoms with Crippen LogP contribution in [0.15, 0.2) is 29.2 Å². The van der Waals surface area contributed by atoms with Crippen molar-refractivity contribution in [2.45, 2.75) is 35.4 Å². The first-order valence-corrected chi connectivity index (χ1v) is 7.41. The van der Waals surface area contributed by atoms with E-state index in [1.807, 2.05) is 17.0 Å². The summed E-state index contributed by atoms with van der Waals surface area (Å²) < 4.78 is 0. The van der Waals surface area contributed by atoms with Gasteiger partial charge in [-0.3, -0.25) is 4.79 Å². The largest absolute Gasteiger partial charge is 0.340 e. The highest BCUT2D eigenvalue weighted by atomic mass is 32.2. The maximum atomic E-state index is 12.5. The lowest BCUT2D eigenvalue weighted by Crippen LogP contribution is -2.48. The second-order valence-corrected chi connectivity index (χ2v) is 6.35. The van der Waals surface area contributed by atoms with Gasteiger partial charge in [-0.05, 0) is 30.9 Å². The van der Waals surface area contributed by atoms with Crippen molar-refractivity contribution in [3.63, 3.8) is 0 Å². The third-order valence-corrected chi connectivity index (χ3v) is 5.00. The molecule has 2 unspecified atom stereocenters. The van der Waals surface area contributed by atoms with Crippen LogP contribution in [-0.4, -0.2) is 35.2 Å². The number of hydrogen-bond acceptors (Lipinski definition) is 3. The normalized spacial score (nSPS) is 27.1. The minimum Gasteiger partial charge on any atom is -0.340 e. The van der Waals surface area contributed by atoms with Crippen LogP contribution < -0.4 is 5.73 Å². The van der Waals surface area contributed by atoms with E-state index in [0.717, 1.165) is 32.4 Å². The Morgan fingerprint density at radius 3 is 3.00 bits per heavy atom. The zero-order valence-electron chi connectivity index (χ0n) is 10.3. The van der Waals surface area contributed by atoms with Crippen LogP contribution in [0.2, 0.25) is 0 Å². The third-order valence-electron chi connectivity index (χ3n) is 3.69. The lowest BCUT2D eigenvalue weighted by Gasteiger charge is -2.32. The predicted molar refractivity (Wildman–Crippen MR) is 73.6 cm³/mol. The Morgan fingerprint density at radius 2 is 2.22 bits per heavy atom. The summed E-state index contributed by atoms with van der Waals surface area (Å²) in [6.07, 6.45) is 2.95. The predicted octanol–water partition coefficient (Wildman–Crippen LogP) is 1.65. The molecule has 0 aliphatic carbocycles. The number of nitrogens with zero attached hydrogens (tertiary/aromatic N) is 1. The molecule has 1 fully saturated rings. The van der Waals surface area contributed by atoms with Crippen LogP contribution in [0.25, 0.3) is 0 Å². The van der Waals surface area contributed by atoms with Crippen molar-refractivity contribution in [1.29, 1.82) is 0 Å². The number of benzene rings is 1. The third kappa shape index (κ3) is 2.27. The van der Waals surface area contributed by atoms with Gasteiger partial charge in [0.1, 0.15) is 0 Å². The summed E-state index contributed by atoms with van der Waals surface area (Å²) in [6.45, 7) is 1.60. The van der Waals surface area contributed by atoms with Gasteiger partial charge in [0.05, 0.1) is 5.25 Å². The lowest BCUT2D eigenvalue weighted by atomic mass is 10.0. The molecule has 96 valence electrons. The van der Waals surface area contributed by atoms with Crippen LogP contribution in [0.4, 0.5) is 0 Å². The van der Waals surface area contributed by atoms with E-state index < -0.39 is 0 Å². The second kappa shape index (κ2) is 4.94. The van der Waals surface area contributed by atoms with E-state index in [4.69, 9.17) is 5.73 Å². The summed E-state index contributed by atoms with van der Waals surface area (Å²) in [7, 11) is 0. The summed E-state index contributed by atoms with van der Waals surface area (Å²) in [4.78, 5) is 15.7. The standard InChI is InChI=1S/C14H18N2OS/c15-11-5-3-7-16(9-11)14(17)13-8-10-4-1-2-6-12(10)18-13/h1-2,4,6,11,13H,3,5,7-9,15H2. The van der Waals surface area contributed by atoms with Gasteiger partial charge in [-0.2, -0.15) is 0 Å². The fourth-order valence-corrected chi connectivity index (χ4v) is 4.01. The number of carbonyl (C=O) groups is 1. The highest BCUT2D eigenvalue weighted by molar-refractivity contribution is 8.01. The molecule has 2 aliphatic heterocycles. The molecule has 1 amide bonds. The zero-order chi connectivity index (χ0) is 12.5. The number of amides is 1. The van der Waals surface area contributed by atoms with Crippen molar-refractivity contribution in [2.75, 3.05) is 13.1 Å². The Bertz CT molecular complexity index is 438. The zero-order valence-corrected chi connectivity index (χ0v) is 11.2. The van der Waals surface area contributed by atoms with Crippen LogP contribution in [-0.2, 0) is 11.2 Å². The van der Waals surface area contributed by atoms with E-state index in [9.17, 15) is 4.79 Å². The van der Waals surface area contributed by atoms with Gasteiger partial charge >= 0.3 is 0 Å². The summed E-state index contributed by atoms with van der Waals surface area (Å²) in [5.74, 6) is 0.270. The first-order chi connectivity index (χ1) is 8.74. The molecule has 0 radical (unpaired) electrons. The van der Waals surface area contributed by atoms with Crippen molar-refractivity contribution < 1.29 is 4.79 Å². The monoisotopic (exact) mass is 262 g/mol. The Hall–Kier alpha value is -1.00. The molecule has 2 heterocycles. The first-order valence-electron chi connectivity index (χ1n) is 6.53. The van der Waals surface area contributed by atoms with Crippen LogP contribution >= 0.6 is 11.8 Å². The molecule has 2 N–H and O–H groups in total. The number of likely N-dealkylation sites (tertiary alicyclic amines) is 1. The molecule has 0 bridgehead atoms. The molecular weight excluding hydrogens is 244 g/mol. The van der Waals surface area contributed by atoms with Crippen LogP contribution in [0, 0.1) is 0 Å². The number of fused-ring (bicyclic) bond motifs is 1. The SMILES string of the molecule is NC1CCCN(C(=O)C2Cc3ccccc3S2)C1. The highest BCUT2D eigenvalue weighted by Gasteiger charge is 2.32.